The van der Waals surface area contributed by atoms with Gasteiger partial charge in [-0.2, -0.15) is 0 Å². The number of nitrogens with one attached hydrogen (secondary N) is 1. The van der Waals surface area contributed by atoms with E-state index >= 15 is 0 Å². The molecule has 27 heavy (non-hydrogen) atoms. The van der Waals surface area contributed by atoms with Crippen LogP contribution in [0.25, 0.3) is 10.8 Å². The van der Waals surface area contributed by atoms with E-state index in [0.717, 1.165) is 22.9 Å². The van der Waals surface area contributed by atoms with Gasteiger partial charge in [0.15, 0.2) is 0 Å². The van der Waals surface area contributed by atoms with Gasteiger partial charge in [0.25, 0.3) is 0 Å². The first-order valence-electron chi connectivity index (χ1n) is 8.97. The third-order valence-corrected chi connectivity index (χ3v) is 4.69. The largest absolute Gasteiger partial charge is 0.508 e. The molecule has 3 aromatic rings. The van der Waals surface area contributed by atoms with Crippen LogP contribution in [0.15, 0.2) is 54.6 Å². The summed E-state index contributed by atoms with van der Waals surface area (Å²) in [5.41, 5.74) is 1.68. The molecule has 3 aromatic carbocycles. The number of aliphatic hydroxyl groups excluding tert-OH is 1. The number of ether oxygens (including phenoxy) is 1. The van der Waals surface area contributed by atoms with E-state index in [-0.39, 0.29) is 17.5 Å². The minimum Gasteiger partial charge on any atom is -0.508 e. The lowest BCUT2D eigenvalue weighted by molar-refractivity contribution is 0.170. The van der Waals surface area contributed by atoms with Gasteiger partial charge in [0.05, 0.1) is 13.2 Å². The average Bonchev–Trinajstić information content (AvgIpc) is 2.65. The Kier molecular flexibility index (Phi) is 5.84. The number of phenolic OH excluding ortho intramolecular Hbond substituents is 2. The van der Waals surface area contributed by atoms with Crippen molar-refractivity contribution in [2.75, 3.05) is 13.7 Å². The summed E-state index contributed by atoms with van der Waals surface area (Å²) in [6, 6.07) is 16.5. The first-order valence-corrected chi connectivity index (χ1v) is 8.97. The number of hydrogen-bond acceptors (Lipinski definition) is 5. The molecule has 0 saturated heterocycles. The molecule has 0 unspecified atom stereocenters. The fourth-order valence-corrected chi connectivity index (χ4v) is 3.33. The Bertz CT molecular complexity index is 905. The highest BCUT2D eigenvalue weighted by atomic mass is 16.5. The van der Waals surface area contributed by atoms with E-state index < -0.39 is 6.10 Å². The highest BCUT2D eigenvalue weighted by Gasteiger charge is 2.13. The number of aliphatic hydroxyl groups is 1. The summed E-state index contributed by atoms with van der Waals surface area (Å²) in [4.78, 5) is 0. The number of rotatable bonds is 7. The van der Waals surface area contributed by atoms with Crippen molar-refractivity contribution in [3.05, 3.63) is 65.7 Å². The molecular weight excluding hydrogens is 342 g/mol. The van der Waals surface area contributed by atoms with Crippen molar-refractivity contribution in [1.82, 2.24) is 5.32 Å². The predicted octanol–water partition coefficient (Wildman–Crippen LogP) is 3.51. The Hall–Kier alpha value is -2.76. The van der Waals surface area contributed by atoms with Crippen molar-refractivity contribution in [2.24, 2.45) is 0 Å². The minimum atomic E-state index is -0.821. The maximum Gasteiger partial charge on any atom is 0.126 e. The second kappa shape index (κ2) is 8.29. The van der Waals surface area contributed by atoms with Gasteiger partial charge in [-0.05, 0) is 48.1 Å². The third-order valence-electron chi connectivity index (χ3n) is 4.69. The quantitative estimate of drug-likeness (QED) is 0.514. The molecular formula is C22H25NO4. The van der Waals surface area contributed by atoms with Crippen LogP contribution in [0.1, 0.15) is 24.2 Å². The first kappa shape index (κ1) is 19.0. The maximum atomic E-state index is 10.3. The van der Waals surface area contributed by atoms with Gasteiger partial charge >= 0.3 is 0 Å². The zero-order valence-electron chi connectivity index (χ0n) is 15.5. The Labute approximate surface area is 158 Å². The molecule has 0 aliphatic carbocycles. The molecule has 0 aliphatic heterocycles. The molecule has 0 aliphatic rings. The Morgan fingerprint density at radius 1 is 0.963 bits per heavy atom. The van der Waals surface area contributed by atoms with Crippen molar-refractivity contribution in [3.8, 4) is 17.2 Å². The highest BCUT2D eigenvalue weighted by Crippen LogP contribution is 2.29. The molecule has 3 rings (SSSR count). The highest BCUT2D eigenvalue weighted by molar-refractivity contribution is 5.91. The fourth-order valence-electron chi connectivity index (χ4n) is 3.33. The van der Waals surface area contributed by atoms with Crippen LogP contribution in [-0.2, 0) is 6.42 Å². The third kappa shape index (κ3) is 4.51. The lowest BCUT2D eigenvalue weighted by Gasteiger charge is -2.19. The molecule has 0 spiro atoms. The Morgan fingerprint density at radius 3 is 2.30 bits per heavy atom. The van der Waals surface area contributed by atoms with Gasteiger partial charge in [-0.15, -0.1) is 0 Å². The van der Waals surface area contributed by atoms with Gasteiger partial charge in [0.1, 0.15) is 17.2 Å². The first-order chi connectivity index (χ1) is 13.0. The number of hydrogen-bond donors (Lipinski definition) is 4. The second-order valence-corrected chi connectivity index (χ2v) is 6.78. The van der Waals surface area contributed by atoms with Crippen LogP contribution in [0, 0.1) is 0 Å². The SMILES string of the molecule is COc1ccc(C[C@H](C)NC[C@@H](O)c2cc(O)cc(O)c2)c2ccccc12. The van der Waals surface area contributed by atoms with Gasteiger partial charge < -0.3 is 25.4 Å². The molecule has 0 aromatic heterocycles. The molecule has 2 atom stereocenters. The fraction of sp³-hybridized carbons (Fsp3) is 0.273. The molecule has 0 fully saturated rings. The van der Waals surface area contributed by atoms with E-state index in [4.69, 9.17) is 4.74 Å². The normalized spacial score (nSPS) is 13.4. The van der Waals surface area contributed by atoms with E-state index in [1.165, 1.54) is 23.8 Å². The van der Waals surface area contributed by atoms with E-state index in [0.29, 0.717) is 12.1 Å². The zero-order valence-corrected chi connectivity index (χ0v) is 15.5. The van der Waals surface area contributed by atoms with Crippen molar-refractivity contribution >= 4 is 10.8 Å². The number of methoxy groups -OCH3 is 1. The van der Waals surface area contributed by atoms with Crippen molar-refractivity contribution in [1.29, 1.82) is 0 Å². The van der Waals surface area contributed by atoms with Gasteiger partial charge in [0.2, 0.25) is 0 Å². The zero-order chi connectivity index (χ0) is 19.4. The number of aromatic hydroxyl groups is 2. The van der Waals surface area contributed by atoms with Gasteiger partial charge in [-0.3, -0.25) is 0 Å². The Morgan fingerprint density at radius 2 is 1.63 bits per heavy atom. The molecule has 142 valence electrons. The van der Waals surface area contributed by atoms with E-state index in [1.807, 2.05) is 24.3 Å². The average molecular weight is 367 g/mol. The van der Waals surface area contributed by atoms with Gasteiger partial charge in [-0.1, -0.05) is 30.3 Å². The monoisotopic (exact) mass is 367 g/mol. The summed E-state index contributed by atoms with van der Waals surface area (Å²) in [5, 5.41) is 35.0. The van der Waals surface area contributed by atoms with Crippen LogP contribution in [0.3, 0.4) is 0 Å². The topological polar surface area (TPSA) is 82.0 Å². The summed E-state index contributed by atoms with van der Waals surface area (Å²) < 4.78 is 5.45. The van der Waals surface area contributed by atoms with Crippen LogP contribution >= 0.6 is 0 Å². The minimum absolute atomic E-state index is 0.0678. The lowest BCUT2D eigenvalue weighted by atomic mass is 9.98. The van der Waals surface area contributed by atoms with Crippen molar-refractivity contribution < 1.29 is 20.1 Å². The van der Waals surface area contributed by atoms with Crippen LogP contribution in [0.4, 0.5) is 0 Å². The molecule has 5 heteroatoms. The molecule has 0 radical (unpaired) electrons. The predicted molar refractivity (Wildman–Crippen MR) is 106 cm³/mol. The molecule has 4 N–H and O–H groups in total. The Balaban J connectivity index is 1.67. The van der Waals surface area contributed by atoms with Crippen molar-refractivity contribution in [2.45, 2.75) is 25.5 Å². The molecule has 0 saturated carbocycles. The van der Waals surface area contributed by atoms with Crippen LogP contribution in [-0.4, -0.2) is 35.0 Å². The second-order valence-electron chi connectivity index (χ2n) is 6.78. The molecule has 0 bridgehead atoms. The number of fused-ring (bicyclic) bond motifs is 1. The van der Waals surface area contributed by atoms with Gasteiger partial charge in [-0.25, -0.2) is 0 Å². The molecule has 0 amide bonds. The van der Waals surface area contributed by atoms with E-state index in [1.54, 1.807) is 7.11 Å². The van der Waals surface area contributed by atoms with Crippen LogP contribution in [0.2, 0.25) is 0 Å². The van der Waals surface area contributed by atoms with Crippen molar-refractivity contribution in [3.63, 3.8) is 0 Å². The lowest BCUT2D eigenvalue weighted by Crippen LogP contribution is -2.32. The summed E-state index contributed by atoms with van der Waals surface area (Å²) in [5.74, 6) is 0.720. The number of phenols is 2. The van der Waals surface area contributed by atoms with Crippen LogP contribution < -0.4 is 10.1 Å². The summed E-state index contributed by atoms with van der Waals surface area (Å²) in [7, 11) is 1.67. The van der Waals surface area contributed by atoms with E-state index in [2.05, 4.69) is 24.4 Å². The number of benzene rings is 3. The molecule has 0 heterocycles. The molecule has 5 nitrogen and oxygen atoms in total. The van der Waals surface area contributed by atoms with E-state index in [9.17, 15) is 15.3 Å². The summed E-state index contributed by atoms with van der Waals surface area (Å²) in [6.45, 7) is 2.38. The van der Waals surface area contributed by atoms with Crippen LogP contribution in [0.5, 0.6) is 17.2 Å². The summed E-state index contributed by atoms with van der Waals surface area (Å²) >= 11 is 0. The van der Waals surface area contributed by atoms with Gasteiger partial charge in [0, 0.05) is 24.0 Å². The smallest absolute Gasteiger partial charge is 0.126 e. The standard InChI is InChI=1S/C22H25NO4/c1-14(23-13-21(26)16-10-17(24)12-18(25)11-16)9-15-7-8-22(27-2)20-6-4-3-5-19(15)20/h3-8,10-12,14,21,23-26H,9,13H2,1-2H3/t14-,21+/m0/s1. The maximum absolute atomic E-state index is 10.3. The summed E-state index contributed by atoms with van der Waals surface area (Å²) in [6.07, 6.45) is -0.0271.